The van der Waals surface area contributed by atoms with Gasteiger partial charge >= 0.3 is 0 Å². The largest absolute Gasteiger partial charge is 0.351 e. The zero-order chi connectivity index (χ0) is 27.9. The van der Waals surface area contributed by atoms with Crippen LogP contribution >= 0.6 is 0 Å². The smallest absolute Gasteiger partial charge is 0.251 e. The molecule has 8 bridgehead atoms. The van der Waals surface area contributed by atoms with Crippen molar-refractivity contribution < 1.29 is 19.2 Å². The first kappa shape index (κ1) is 26.6. The molecule has 0 radical (unpaired) electrons. The molecule has 8 heteroatoms. The van der Waals surface area contributed by atoms with Gasteiger partial charge in [-0.1, -0.05) is 54.6 Å². The predicted octanol–water partition coefficient (Wildman–Crippen LogP) is 3.52. The fraction of sp³-hybridized carbons (Fsp3) is 0.188. The van der Waals surface area contributed by atoms with Crippen molar-refractivity contribution in [2.24, 2.45) is 5.92 Å². The maximum absolute atomic E-state index is 12.8. The Hall–Kier alpha value is -4.98. The Labute approximate surface area is 232 Å². The van der Waals surface area contributed by atoms with Crippen molar-refractivity contribution in [2.75, 3.05) is 13.1 Å². The molecular weight excluding hydrogens is 504 g/mol. The molecule has 0 saturated heterocycles. The number of nitrogens with one attached hydrogen (secondary N) is 4. The van der Waals surface area contributed by atoms with Gasteiger partial charge in [-0.15, -0.1) is 0 Å². The van der Waals surface area contributed by atoms with Gasteiger partial charge in [0.05, 0.1) is 0 Å². The highest BCUT2D eigenvalue weighted by molar-refractivity contribution is 6.00. The molecule has 40 heavy (non-hydrogen) atoms. The van der Waals surface area contributed by atoms with E-state index >= 15 is 0 Å². The number of benzene rings is 3. The van der Waals surface area contributed by atoms with Crippen LogP contribution in [0.3, 0.4) is 0 Å². The average molecular weight is 535 g/mol. The Balaban J connectivity index is 1.34. The molecule has 0 aromatic heterocycles. The first-order chi connectivity index (χ1) is 19.4. The van der Waals surface area contributed by atoms with Crippen molar-refractivity contribution in [1.29, 1.82) is 0 Å². The zero-order valence-electron chi connectivity index (χ0n) is 21.9. The topological polar surface area (TPSA) is 116 Å². The van der Waals surface area contributed by atoms with Crippen molar-refractivity contribution in [3.63, 3.8) is 0 Å². The SMILES string of the molecule is O=C1NCC2=CC[C@H](C=C2)CNC(=O)c2cccc(c2)C(=O)NCc2ccc(cc2)CNC(=O)c2cccc1c2. The molecule has 202 valence electrons. The average Bonchev–Trinajstić information content (AvgIpc) is 3.00. The number of rotatable bonds is 0. The molecule has 4 N–H and O–H groups in total. The fourth-order valence-electron chi connectivity index (χ4n) is 4.55. The molecule has 0 spiro atoms. The summed E-state index contributed by atoms with van der Waals surface area (Å²) in [5.74, 6) is -0.920. The number of hydrogen-bond donors (Lipinski definition) is 4. The molecular formula is C32H30N4O4. The van der Waals surface area contributed by atoms with Crippen LogP contribution in [-0.4, -0.2) is 36.7 Å². The van der Waals surface area contributed by atoms with Gasteiger partial charge in [-0.05, 0) is 65.4 Å². The second-order valence-corrected chi connectivity index (χ2v) is 9.87. The third-order valence-electron chi connectivity index (χ3n) is 6.95. The predicted molar refractivity (Wildman–Crippen MR) is 152 cm³/mol. The van der Waals surface area contributed by atoms with E-state index in [0.717, 1.165) is 23.1 Å². The molecule has 1 aliphatic carbocycles. The molecule has 0 fully saturated rings. The number of carbonyl (C=O) groups excluding carboxylic acids is 4. The summed E-state index contributed by atoms with van der Waals surface area (Å²) in [6.07, 6.45) is 6.74. The Morgan fingerprint density at radius 1 is 0.550 bits per heavy atom. The van der Waals surface area contributed by atoms with Gasteiger partial charge in [-0.3, -0.25) is 19.2 Å². The zero-order valence-corrected chi connectivity index (χ0v) is 21.9. The number of allylic oxidation sites excluding steroid dienone is 1. The Kier molecular flexibility index (Phi) is 8.15. The summed E-state index contributed by atoms with van der Waals surface area (Å²) in [6, 6.07) is 20.8. The van der Waals surface area contributed by atoms with Crippen LogP contribution < -0.4 is 21.3 Å². The van der Waals surface area contributed by atoms with Crippen LogP contribution in [-0.2, 0) is 13.1 Å². The van der Waals surface area contributed by atoms with Crippen LogP contribution in [0.5, 0.6) is 0 Å². The van der Waals surface area contributed by atoms with Gasteiger partial charge in [0.1, 0.15) is 0 Å². The monoisotopic (exact) mass is 534 g/mol. The minimum Gasteiger partial charge on any atom is -0.351 e. The molecule has 3 aromatic rings. The standard InChI is InChI=1S/C32H30N4O4/c37-29-25-3-1-4-26(15-25)30(38)34-18-22-9-13-24(14-10-22)20-36-32(40)28-6-2-5-27(16-28)31(39)35-19-23-11-7-21(8-12-23)17-33-29/h1-13,15-16,24H,14,17-20H2,(H,33,37)(H,34,38)(H,35,39)(H,36,40)/t24-/m0/s1. The quantitative estimate of drug-likeness (QED) is 0.353. The molecule has 4 amide bonds. The summed E-state index contributed by atoms with van der Waals surface area (Å²) >= 11 is 0. The van der Waals surface area contributed by atoms with Gasteiger partial charge in [-0.25, -0.2) is 0 Å². The molecule has 8 nitrogen and oxygen atoms in total. The Morgan fingerprint density at radius 3 is 1.45 bits per heavy atom. The van der Waals surface area contributed by atoms with Gasteiger partial charge in [0.25, 0.3) is 23.6 Å². The summed E-state index contributed by atoms with van der Waals surface area (Å²) in [7, 11) is 0. The van der Waals surface area contributed by atoms with E-state index in [-0.39, 0.29) is 29.5 Å². The highest BCUT2D eigenvalue weighted by Gasteiger charge is 2.15. The number of hydrogen-bond acceptors (Lipinski definition) is 4. The van der Waals surface area contributed by atoms with Gasteiger partial charge in [0.2, 0.25) is 0 Å². The second kappa shape index (κ2) is 12.3. The van der Waals surface area contributed by atoms with Gasteiger partial charge in [0, 0.05) is 48.4 Å². The van der Waals surface area contributed by atoms with E-state index < -0.39 is 0 Å². The van der Waals surface area contributed by atoms with E-state index in [1.54, 1.807) is 48.5 Å². The number of carbonyl (C=O) groups is 4. The van der Waals surface area contributed by atoms with Crippen LogP contribution in [0.15, 0.2) is 96.6 Å². The van der Waals surface area contributed by atoms with E-state index in [0.29, 0.717) is 48.4 Å². The first-order valence-electron chi connectivity index (χ1n) is 13.2. The summed E-state index contributed by atoms with van der Waals surface area (Å²) in [5.41, 5.74) is 4.40. The first-order valence-corrected chi connectivity index (χ1v) is 13.2. The van der Waals surface area contributed by atoms with Crippen LogP contribution in [0.2, 0.25) is 0 Å². The van der Waals surface area contributed by atoms with Crippen molar-refractivity contribution in [3.8, 4) is 0 Å². The summed E-state index contributed by atoms with van der Waals surface area (Å²) in [4.78, 5) is 51.0. The van der Waals surface area contributed by atoms with Gasteiger partial charge < -0.3 is 21.3 Å². The maximum atomic E-state index is 12.8. The third-order valence-corrected chi connectivity index (χ3v) is 6.95. The molecule has 4 heterocycles. The fourth-order valence-corrected chi connectivity index (χ4v) is 4.55. The maximum Gasteiger partial charge on any atom is 0.251 e. The van der Waals surface area contributed by atoms with Crippen LogP contribution in [0.25, 0.3) is 0 Å². The van der Waals surface area contributed by atoms with E-state index in [1.165, 1.54) is 0 Å². The second-order valence-electron chi connectivity index (χ2n) is 9.87. The molecule has 1 atom stereocenters. The van der Waals surface area contributed by atoms with E-state index in [1.807, 2.05) is 42.5 Å². The highest BCUT2D eigenvalue weighted by Crippen LogP contribution is 2.16. The van der Waals surface area contributed by atoms with Gasteiger partial charge in [0.15, 0.2) is 0 Å². The summed E-state index contributed by atoms with van der Waals surface area (Å²) < 4.78 is 0. The lowest BCUT2D eigenvalue weighted by atomic mass is 9.96. The summed E-state index contributed by atoms with van der Waals surface area (Å²) in [6.45, 7) is 1.45. The van der Waals surface area contributed by atoms with Crippen molar-refractivity contribution in [2.45, 2.75) is 19.5 Å². The molecule has 0 saturated carbocycles. The van der Waals surface area contributed by atoms with Crippen LogP contribution in [0.1, 0.15) is 59.0 Å². The molecule has 3 aromatic carbocycles. The normalized spacial score (nSPS) is 18.3. The lowest BCUT2D eigenvalue weighted by Gasteiger charge is -2.17. The van der Waals surface area contributed by atoms with Crippen molar-refractivity contribution in [3.05, 3.63) is 130 Å². The van der Waals surface area contributed by atoms with Gasteiger partial charge in [-0.2, -0.15) is 0 Å². The lowest BCUT2D eigenvalue weighted by Crippen LogP contribution is -2.30. The highest BCUT2D eigenvalue weighted by atomic mass is 16.2. The molecule has 0 unspecified atom stereocenters. The molecule has 8 rings (SSSR count). The summed E-state index contributed by atoms with van der Waals surface area (Å²) in [5, 5.41) is 11.6. The van der Waals surface area contributed by atoms with E-state index in [4.69, 9.17) is 0 Å². The minimum atomic E-state index is -0.272. The molecule has 5 aliphatic rings. The van der Waals surface area contributed by atoms with Crippen molar-refractivity contribution >= 4 is 23.6 Å². The van der Waals surface area contributed by atoms with Crippen molar-refractivity contribution in [1.82, 2.24) is 21.3 Å². The Bertz CT molecular complexity index is 1510. The minimum absolute atomic E-state index is 0.120. The number of amides is 4. The van der Waals surface area contributed by atoms with Crippen LogP contribution in [0.4, 0.5) is 0 Å². The van der Waals surface area contributed by atoms with Crippen LogP contribution in [0, 0.1) is 5.92 Å². The Morgan fingerprint density at radius 2 is 1.00 bits per heavy atom. The molecule has 4 aliphatic heterocycles. The third kappa shape index (κ3) is 6.71. The van der Waals surface area contributed by atoms with E-state index in [9.17, 15) is 19.2 Å². The lowest BCUT2D eigenvalue weighted by molar-refractivity contribution is 0.0935. The van der Waals surface area contributed by atoms with E-state index in [2.05, 4.69) is 21.3 Å².